The second-order valence-electron chi connectivity index (χ2n) is 9.68. The third kappa shape index (κ3) is 5.04. The molecule has 2 aliphatic rings. The van der Waals surface area contributed by atoms with Gasteiger partial charge in [0.1, 0.15) is 24.0 Å². The molecule has 0 bridgehead atoms. The van der Waals surface area contributed by atoms with Gasteiger partial charge < -0.3 is 29.0 Å². The molecule has 2 aromatic heterocycles. The van der Waals surface area contributed by atoms with Crippen LogP contribution in [0, 0.1) is 10.6 Å². The maximum atomic E-state index is 15.1. The highest BCUT2D eigenvalue weighted by molar-refractivity contribution is 7.92. The fraction of sp³-hybridized carbons (Fsp3) is 0.321. The minimum atomic E-state index is -2.91. The number of aliphatic hydroxyl groups is 1. The molecular formula is C28H28FN3O6S. The van der Waals surface area contributed by atoms with E-state index in [4.69, 9.17) is 23.7 Å². The van der Waals surface area contributed by atoms with Crippen molar-refractivity contribution in [2.24, 2.45) is 0 Å². The third-order valence-electron chi connectivity index (χ3n) is 7.09. The Labute approximate surface area is 224 Å². The average molecular weight is 554 g/mol. The average Bonchev–Trinajstić information content (AvgIpc) is 3.63. The smallest absolute Gasteiger partial charge is 0.193 e. The van der Waals surface area contributed by atoms with Crippen molar-refractivity contribution in [3.63, 3.8) is 0 Å². The number of pyridine rings is 1. The first-order valence-electron chi connectivity index (χ1n) is 12.6. The molecule has 0 saturated carbocycles. The molecular weight excluding hydrogens is 525 g/mol. The molecule has 2 aliphatic heterocycles. The van der Waals surface area contributed by atoms with Crippen LogP contribution in [0.15, 0.2) is 65.6 Å². The second kappa shape index (κ2) is 10.3. The maximum absolute atomic E-state index is 15.1. The summed E-state index contributed by atoms with van der Waals surface area (Å²) in [6.45, 7) is 0.763. The van der Waals surface area contributed by atoms with E-state index >= 15 is 4.39 Å². The molecule has 2 fully saturated rings. The molecule has 0 aliphatic carbocycles. The van der Waals surface area contributed by atoms with Gasteiger partial charge in [0, 0.05) is 29.7 Å². The Kier molecular flexibility index (Phi) is 6.86. The summed E-state index contributed by atoms with van der Waals surface area (Å²) in [6, 6.07) is 17.5. The van der Waals surface area contributed by atoms with Crippen LogP contribution in [0.5, 0.6) is 5.88 Å². The molecule has 1 unspecified atom stereocenters. The van der Waals surface area contributed by atoms with Crippen molar-refractivity contribution in [2.45, 2.75) is 29.3 Å². The summed E-state index contributed by atoms with van der Waals surface area (Å²) in [5, 5.41) is 9.93. The van der Waals surface area contributed by atoms with Gasteiger partial charge in [0.25, 0.3) is 0 Å². The number of hydrogen-bond donors (Lipinski definition) is 3. The number of fused-ring (bicyclic) bond motifs is 2. The van der Waals surface area contributed by atoms with E-state index in [1.807, 2.05) is 24.3 Å². The van der Waals surface area contributed by atoms with Crippen LogP contribution in [0.3, 0.4) is 0 Å². The van der Waals surface area contributed by atoms with Crippen LogP contribution < -0.4 is 4.74 Å². The topological polar surface area (TPSA) is 127 Å². The lowest BCUT2D eigenvalue weighted by Gasteiger charge is -2.16. The summed E-state index contributed by atoms with van der Waals surface area (Å²) in [7, 11) is -1.39. The molecule has 2 aromatic carbocycles. The lowest BCUT2D eigenvalue weighted by molar-refractivity contribution is 0.00794. The highest BCUT2D eigenvalue weighted by atomic mass is 32.2. The van der Waals surface area contributed by atoms with Crippen LogP contribution in [0.2, 0.25) is 0 Å². The Morgan fingerprint density at radius 3 is 2.44 bits per heavy atom. The minimum Gasteiger partial charge on any atom is -0.470 e. The van der Waals surface area contributed by atoms with Gasteiger partial charge in [-0.25, -0.2) is 18.4 Å². The quantitative estimate of drug-likeness (QED) is 0.301. The number of aliphatic hydroxyl groups excluding tert-OH is 1. The van der Waals surface area contributed by atoms with Crippen molar-refractivity contribution in [3.8, 4) is 28.3 Å². The molecule has 4 heterocycles. The van der Waals surface area contributed by atoms with Gasteiger partial charge in [-0.15, -0.1) is 0 Å². The molecule has 39 heavy (non-hydrogen) atoms. The van der Waals surface area contributed by atoms with Gasteiger partial charge >= 0.3 is 0 Å². The molecule has 4 aromatic rings. The lowest BCUT2D eigenvalue weighted by atomic mass is 10.0. The molecule has 2 saturated heterocycles. The molecule has 0 radical (unpaired) electrons. The number of aromatic nitrogens is 2. The predicted octanol–water partition coefficient (Wildman–Crippen LogP) is 3.99. The largest absolute Gasteiger partial charge is 0.470 e. The van der Waals surface area contributed by atoms with E-state index in [2.05, 4.69) is 9.97 Å². The summed E-state index contributed by atoms with van der Waals surface area (Å²) in [5.74, 6) is 0.0933. The van der Waals surface area contributed by atoms with E-state index in [1.54, 1.807) is 30.3 Å². The first-order chi connectivity index (χ1) is 18.8. The Hall–Kier alpha value is -3.35. The van der Waals surface area contributed by atoms with Crippen LogP contribution in [0.1, 0.15) is 0 Å². The fourth-order valence-electron chi connectivity index (χ4n) is 4.99. The molecule has 0 spiro atoms. The number of halogens is 1. The van der Waals surface area contributed by atoms with Gasteiger partial charge in [0.15, 0.2) is 17.8 Å². The summed E-state index contributed by atoms with van der Waals surface area (Å²) in [6.07, 6.45) is -1.80. The summed E-state index contributed by atoms with van der Waals surface area (Å²) < 4.78 is 57.9. The number of ether oxygens (including phenoxy) is 4. The zero-order chi connectivity index (χ0) is 27.1. The number of benzene rings is 2. The Morgan fingerprint density at radius 2 is 1.72 bits per heavy atom. The Balaban J connectivity index is 1.19. The number of methoxy groups -OCH3 is 1. The van der Waals surface area contributed by atoms with Gasteiger partial charge in [-0.05, 0) is 23.3 Å². The van der Waals surface area contributed by atoms with E-state index in [0.717, 1.165) is 11.1 Å². The molecule has 5 atom stereocenters. The highest BCUT2D eigenvalue weighted by Gasteiger charge is 2.48. The summed E-state index contributed by atoms with van der Waals surface area (Å²) >= 11 is 0. The minimum absolute atomic E-state index is 0.143. The lowest BCUT2D eigenvalue weighted by Crippen LogP contribution is -2.34. The van der Waals surface area contributed by atoms with Crippen molar-refractivity contribution in [2.75, 3.05) is 32.7 Å². The molecule has 0 amide bonds. The van der Waals surface area contributed by atoms with Crippen LogP contribution >= 0.6 is 0 Å². The third-order valence-corrected chi connectivity index (χ3v) is 8.87. The van der Waals surface area contributed by atoms with Crippen molar-refractivity contribution >= 4 is 20.8 Å². The van der Waals surface area contributed by atoms with Crippen LogP contribution in [0.4, 0.5) is 4.39 Å². The van der Waals surface area contributed by atoms with Crippen LogP contribution in [-0.2, 0) is 23.9 Å². The van der Waals surface area contributed by atoms with E-state index in [1.165, 1.54) is 13.2 Å². The predicted molar refractivity (Wildman–Crippen MR) is 143 cm³/mol. The number of nitrogens with one attached hydrogen (secondary N) is 2. The fourth-order valence-corrected chi connectivity index (χ4v) is 6.20. The van der Waals surface area contributed by atoms with Crippen LogP contribution in [0.25, 0.3) is 33.4 Å². The molecule has 11 heteroatoms. The van der Waals surface area contributed by atoms with Gasteiger partial charge in [0.05, 0.1) is 46.3 Å². The van der Waals surface area contributed by atoms with Gasteiger partial charge in [0.2, 0.25) is 0 Å². The Bertz CT molecular complexity index is 1590. The number of H-pyrrole nitrogens is 1. The molecule has 3 N–H and O–H groups in total. The highest BCUT2D eigenvalue weighted by Crippen LogP contribution is 2.32. The van der Waals surface area contributed by atoms with E-state index in [9.17, 15) is 9.32 Å². The number of hydrogen-bond acceptors (Lipinski definition) is 8. The van der Waals surface area contributed by atoms with Crippen molar-refractivity contribution in [1.29, 1.82) is 4.78 Å². The zero-order valence-electron chi connectivity index (χ0n) is 21.1. The monoisotopic (exact) mass is 553 g/mol. The van der Waals surface area contributed by atoms with E-state index in [-0.39, 0.29) is 36.9 Å². The van der Waals surface area contributed by atoms with Gasteiger partial charge in [-0.2, -0.15) is 0 Å². The number of rotatable bonds is 8. The number of nitrogens with zero attached hydrogens (tertiary/aromatic N) is 1. The SMILES string of the molecule is COCCS(=N)(=O)c1ccc(-c2ccc(-c3nc4cc(O[C@@H]5CO[C@H]6[C@@H]5OC[C@H]6O)[nH]c4cc3F)cc2)cc1. The van der Waals surface area contributed by atoms with Crippen molar-refractivity contribution in [3.05, 3.63) is 66.5 Å². The zero-order valence-corrected chi connectivity index (χ0v) is 21.9. The van der Waals surface area contributed by atoms with E-state index < -0.39 is 27.8 Å². The molecule has 6 rings (SSSR count). The normalized spacial score (nSPS) is 24.1. The van der Waals surface area contributed by atoms with Gasteiger partial charge in [-0.1, -0.05) is 36.4 Å². The first kappa shape index (κ1) is 25.9. The second-order valence-corrected chi connectivity index (χ2v) is 11.9. The van der Waals surface area contributed by atoms with Crippen LogP contribution in [-0.4, -0.2) is 76.4 Å². The van der Waals surface area contributed by atoms with Gasteiger partial charge in [-0.3, -0.25) is 0 Å². The first-order valence-corrected chi connectivity index (χ1v) is 14.3. The van der Waals surface area contributed by atoms with Crippen molar-refractivity contribution < 1.29 is 32.7 Å². The molecule has 204 valence electrons. The number of aromatic amines is 1. The Morgan fingerprint density at radius 1 is 1.05 bits per heavy atom. The summed E-state index contributed by atoms with van der Waals surface area (Å²) in [5.41, 5.74) is 3.68. The standard InChI is InChI=1S/C28H28FN3O6S/c1-35-10-11-39(30,34)19-8-6-17(7-9-19)16-2-4-18(5-3-16)26-20(29)12-21-22(32-26)13-25(31-21)38-24-15-37-27-23(33)14-36-28(24)27/h2-9,12-13,23-24,27-28,30-31,33H,10-11,14-15H2,1H3/t23-,24-,27-,28-,39?/m1/s1. The maximum Gasteiger partial charge on any atom is 0.193 e. The molecule has 9 nitrogen and oxygen atoms in total. The summed E-state index contributed by atoms with van der Waals surface area (Å²) in [4.78, 5) is 8.04. The van der Waals surface area contributed by atoms with Crippen molar-refractivity contribution in [1.82, 2.24) is 9.97 Å². The van der Waals surface area contributed by atoms with E-state index in [0.29, 0.717) is 34.0 Å².